The fourth-order valence-corrected chi connectivity index (χ4v) is 1.09. The third kappa shape index (κ3) is 4.30. The number of terminal acetylenes is 1. The second-order valence-electron chi connectivity index (χ2n) is 3.22. The van der Waals surface area contributed by atoms with E-state index < -0.39 is 0 Å². The van der Waals surface area contributed by atoms with E-state index in [0.717, 1.165) is 5.69 Å². The molecule has 1 amide bonds. The maximum Gasteiger partial charge on any atom is 0.238 e. The normalized spacial score (nSPS) is 9.33. The first kappa shape index (κ1) is 11.3. The highest BCUT2D eigenvalue weighted by molar-refractivity contribution is 5.92. The number of aryl methyl sites for hydroxylation is 1. The van der Waals surface area contributed by atoms with Crippen molar-refractivity contribution >= 4 is 11.6 Å². The highest BCUT2D eigenvalue weighted by atomic mass is 16.1. The number of carbonyl (C=O) groups excluding carboxylic acids is 1. The third-order valence-corrected chi connectivity index (χ3v) is 1.85. The first-order chi connectivity index (χ1) is 7.22. The quantitative estimate of drug-likeness (QED) is 0.568. The van der Waals surface area contributed by atoms with E-state index in [-0.39, 0.29) is 12.5 Å². The molecule has 2 N–H and O–H groups in total. The van der Waals surface area contributed by atoms with Crippen molar-refractivity contribution < 1.29 is 4.79 Å². The molecule has 0 aliphatic heterocycles. The molecule has 15 heavy (non-hydrogen) atoms. The van der Waals surface area contributed by atoms with Gasteiger partial charge in [-0.25, -0.2) is 0 Å². The van der Waals surface area contributed by atoms with Gasteiger partial charge >= 0.3 is 0 Å². The van der Waals surface area contributed by atoms with Crippen molar-refractivity contribution in [2.75, 3.05) is 18.4 Å². The molecule has 0 saturated heterocycles. The average molecular weight is 202 g/mol. The predicted molar refractivity (Wildman–Crippen MR) is 61.5 cm³/mol. The SMILES string of the molecule is C#CCNCC(=O)Nc1ccc(C)cc1. The van der Waals surface area contributed by atoms with Gasteiger partial charge in [-0.1, -0.05) is 23.6 Å². The van der Waals surface area contributed by atoms with Crippen LogP contribution in [0, 0.1) is 19.3 Å². The van der Waals surface area contributed by atoms with E-state index in [1.165, 1.54) is 5.56 Å². The van der Waals surface area contributed by atoms with Gasteiger partial charge in [0.25, 0.3) is 0 Å². The summed E-state index contributed by atoms with van der Waals surface area (Å²) in [6, 6.07) is 7.64. The Kier molecular flexibility index (Phi) is 4.39. The Balaban J connectivity index is 2.38. The first-order valence-electron chi connectivity index (χ1n) is 4.73. The number of rotatable bonds is 4. The fourth-order valence-electron chi connectivity index (χ4n) is 1.09. The van der Waals surface area contributed by atoms with Crippen molar-refractivity contribution in [3.05, 3.63) is 29.8 Å². The van der Waals surface area contributed by atoms with Crippen LogP contribution in [0.3, 0.4) is 0 Å². The molecule has 0 fully saturated rings. The van der Waals surface area contributed by atoms with Gasteiger partial charge in [-0.05, 0) is 19.1 Å². The summed E-state index contributed by atoms with van der Waals surface area (Å²) >= 11 is 0. The van der Waals surface area contributed by atoms with Crippen LogP contribution >= 0.6 is 0 Å². The molecule has 0 radical (unpaired) electrons. The second-order valence-corrected chi connectivity index (χ2v) is 3.22. The van der Waals surface area contributed by atoms with Crippen LogP contribution in [0.5, 0.6) is 0 Å². The van der Waals surface area contributed by atoms with Crippen molar-refractivity contribution in [1.82, 2.24) is 5.32 Å². The zero-order valence-electron chi connectivity index (χ0n) is 8.71. The topological polar surface area (TPSA) is 41.1 Å². The number of hydrogen-bond acceptors (Lipinski definition) is 2. The Hall–Kier alpha value is -1.79. The van der Waals surface area contributed by atoms with Crippen LogP contribution in [-0.4, -0.2) is 19.0 Å². The lowest BCUT2D eigenvalue weighted by Crippen LogP contribution is -2.28. The third-order valence-electron chi connectivity index (χ3n) is 1.85. The fraction of sp³-hybridized carbons (Fsp3) is 0.250. The molecule has 0 bridgehead atoms. The lowest BCUT2D eigenvalue weighted by Gasteiger charge is -2.05. The number of carbonyl (C=O) groups is 1. The van der Waals surface area contributed by atoms with Crippen molar-refractivity contribution in [2.45, 2.75) is 6.92 Å². The minimum absolute atomic E-state index is 0.0888. The van der Waals surface area contributed by atoms with Gasteiger partial charge in [0.15, 0.2) is 0 Å². The van der Waals surface area contributed by atoms with Crippen LogP contribution in [0.15, 0.2) is 24.3 Å². The van der Waals surface area contributed by atoms with E-state index in [9.17, 15) is 4.79 Å². The van der Waals surface area contributed by atoms with E-state index in [1.807, 2.05) is 31.2 Å². The summed E-state index contributed by atoms with van der Waals surface area (Å²) in [5.74, 6) is 2.31. The van der Waals surface area contributed by atoms with Gasteiger partial charge in [0.2, 0.25) is 5.91 Å². The molecule has 0 unspecified atom stereocenters. The molecule has 3 heteroatoms. The van der Waals surface area contributed by atoms with Crippen molar-refractivity contribution in [2.24, 2.45) is 0 Å². The number of benzene rings is 1. The zero-order valence-corrected chi connectivity index (χ0v) is 8.71. The van der Waals surface area contributed by atoms with Crippen LogP contribution in [-0.2, 0) is 4.79 Å². The monoisotopic (exact) mass is 202 g/mol. The molecule has 0 aliphatic carbocycles. The molecule has 0 aromatic heterocycles. The predicted octanol–water partition coefficient (Wildman–Crippen LogP) is 1.16. The van der Waals surface area contributed by atoms with Gasteiger partial charge < -0.3 is 5.32 Å². The largest absolute Gasteiger partial charge is 0.325 e. The standard InChI is InChI=1S/C12H14N2O/c1-3-8-13-9-12(15)14-11-6-4-10(2)5-7-11/h1,4-7,13H,8-9H2,2H3,(H,14,15). The molecule has 1 aromatic rings. The molecule has 0 aliphatic rings. The van der Waals surface area contributed by atoms with Gasteiger partial charge in [-0.15, -0.1) is 6.42 Å². The Bertz CT molecular complexity index is 362. The van der Waals surface area contributed by atoms with Gasteiger partial charge in [-0.3, -0.25) is 10.1 Å². The summed E-state index contributed by atoms with van der Waals surface area (Å²) in [4.78, 5) is 11.3. The molecule has 1 rings (SSSR count). The van der Waals surface area contributed by atoms with Crippen molar-refractivity contribution in [3.63, 3.8) is 0 Å². The molecule has 0 saturated carbocycles. The molecule has 0 heterocycles. The number of hydrogen-bond donors (Lipinski definition) is 2. The van der Waals surface area contributed by atoms with Crippen LogP contribution in [0.1, 0.15) is 5.56 Å². The Morgan fingerprint density at radius 2 is 2.07 bits per heavy atom. The highest BCUT2D eigenvalue weighted by Gasteiger charge is 1.99. The molecular weight excluding hydrogens is 188 g/mol. The Morgan fingerprint density at radius 3 is 2.67 bits per heavy atom. The van der Waals surface area contributed by atoms with Crippen LogP contribution in [0.2, 0.25) is 0 Å². The molecule has 0 spiro atoms. The summed E-state index contributed by atoms with van der Waals surface area (Å²) in [7, 11) is 0. The summed E-state index contributed by atoms with van der Waals surface area (Å²) in [5.41, 5.74) is 1.96. The maximum absolute atomic E-state index is 11.3. The van der Waals surface area contributed by atoms with Crippen LogP contribution < -0.4 is 10.6 Å². The zero-order chi connectivity index (χ0) is 11.1. The number of nitrogens with one attached hydrogen (secondary N) is 2. The van der Waals surface area contributed by atoms with E-state index >= 15 is 0 Å². The molecule has 78 valence electrons. The minimum Gasteiger partial charge on any atom is -0.325 e. The van der Waals surface area contributed by atoms with Crippen molar-refractivity contribution in [3.8, 4) is 12.3 Å². The van der Waals surface area contributed by atoms with Gasteiger partial charge in [0, 0.05) is 5.69 Å². The summed E-state index contributed by atoms with van der Waals surface area (Å²) in [5, 5.41) is 5.58. The van der Waals surface area contributed by atoms with Crippen LogP contribution in [0.4, 0.5) is 5.69 Å². The molecular formula is C12H14N2O. The molecule has 1 aromatic carbocycles. The molecule has 3 nitrogen and oxygen atoms in total. The maximum atomic E-state index is 11.3. The van der Waals surface area contributed by atoms with E-state index in [0.29, 0.717) is 6.54 Å². The van der Waals surface area contributed by atoms with Crippen molar-refractivity contribution in [1.29, 1.82) is 0 Å². The lowest BCUT2D eigenvalue weighted by atomic mass is 10.2. The van der Waals surface area contributed by atoms with Gasteiger partial charge in [-0.2, -0.15) is 0 Å². The average Bonchev–Trinajstić information content (AvgIpc) is 2.22. The second kappa shape index (κ2) is 5.84. The first-order valence-corrected chi connectivity index (χ1v) is 4.73. The number of anilines is 1. The molecule has 0 atom stereocenters. The number of amides is 1. The minimum atomic E-state index is -0.0888. The summed E-state index contributed by atoms with van der Waals surface area (Å²) in [6.45, 7) is 2.64. The summed E-state index contributed by atoms with van der Waals surface area (Å²) < 4.78 is 0. The van der Waals surface area contributed by atoms with Gasteiger partial charge in [0.1, 0.15) is 0 Å². The smallest absolute Gasteiger partial charge is 0.238 e. The van der Waals surface area contributed by atoms with E-state index in [2.05, 4.69) is 16.6 Å². The van der Waals surface area contributed by atoms with Gasteiger partial charge in [0.05, 0.1) is 13.1 Å². The Morgan fingerprint density at radius 1 is 1.40 bits per heavy atom. The lowest BCUT2D eigenvalue weighted by molar-refractivity contribution is -0.115. The Labute approximate surface area is 89.9 Å². The summed E-state index contributed by atoms with van der Waals surface area (Å²) in [6.07, 6.45) is 5.04. The van der Waals surface area contributed by atoms with E-state index in [1.54, 1.807) is 0 Å². The highest BCUT2D eigenvalue weighted by Crippen LogP contribution is 2.07. The van der Waals surface area contributed by atoms with Crippen LogP contribution in [0.25, 0.3) is 0 Å². The van der Waals surface area contributed by atoms with E-state index in [4.69, 9.17) is 6.42 Å².